The van der Waals surface area contributed by atoms with Crippen LogP contribution in [0.2, 0.25) is 0 Å². The van der Waals surface area contributed by atoms with Crippen LogP contribution >= 0.6 is 0 Å². The zero-order valence-electron chi connectivity index (χ0n) is 34.1. The molecule has 0 saturated carbocycles. The highest BCUT2D eigenvalue weighted by atomic mass is 15.2. The zero-order chi connectivity index (χ0) is 40.5. The summed E-state index contributed by atoms with van der Waals surface area (Å²) in [7, 11) is 0. The van der Waals surface area contributed by atoms with Crippen LogP contribution in [0.1, 0.15) is 39.3 Å². The van der Waals surface area contributed by atoms with Gasteiger partial charge in [0.15, 0.2) is 0 Å². The molecule has 292 valence electrons. The Morgan fingerprint density at radius 1 is 0.500 bits per heavy atom. The number of rotatable bonds is 4. The number of benzene rings is 7. The van der Waals surface area contributed by atoms with E-state index in [9.17, 15) is 0 Å². The predicted molar refractivity (Wildman–Crippen MR) is 256 cm³/mol. The van der Waals surface area contributed by atoms with Crippen LogP contribution in [0.3, 0.4) is 0 Å². The molecule has 1 aliphatic heterocycles. The number of pyridine rings is 2. The van der Waals surface area contributed by atoms with Gasteiger partial charge in [0.25, 0.3) is 0 Å². The molecule has 0 amide bonds. The van der Waals surface area contributed by atoms with Gasteiger partial charge in [0.05, 0.1) is 22.8 Å². The highest BCUT2D eigenvalue weighted by Gasteiger charge is 2.43. The van der Waals surface area contributed by atoms with Crippen LogP contribution in [0.25, 0.3) is 77.0 Å². The highest BCUT2D eigenvalue weighted by molar-refractivity contribution is 6.14. The van der Waals surface area contributed by atoms with Crippen LogP contribution in [0.5, 0.6) is 0 Å². The van der Waals surface area contributed by atoms with Crippen LogP contribution in [0.15, 0.2) is 182 Å². The van der Waals surface area contributed by atoms with E-state index in [4.69, 9.17) is 9.97 Å². The normalized spacial score (nSPS) is 17.1. The molecule has 4 heteroatoms. The molecule has 62 heavy (non-hydrogen) atoms. The molecular weight excluding hydrogens is 753 g/mol. The predicted octanol–water partition coefficient (Wildman–Crippen LogP) is 13.7. The largest absolute Gasteiger partial charge is 0.318 e. The Kier molecular flexibility index (Phi) is 7.15. The van der Waals surface area contributed by atoms with Crippen molar-refractivity contribution in [2.24, 2.45) is 0 Å². The van der Waals surface area contributed by atoms with Crippen molar-refractivity contribution < 1.29 is 0 Å². The number of aromatic nitrogens is 3. The van der Waals surface area contributed by atoms with Crippen LogP contribution in [0, 0.1) is 0 Å². The minimum atomic E-state index is 0.149. The number of anilines is 2. The zero-order valence-corrected chi connectivity index (χ0v) is 34.1. The van der Waals surface area contributed by atoms with Crippen LogP contribution in [-0.2, 0) is 25.7 Å². The van der Waals surface area contributed by atoms with Crippen molar-refractivity contribution in [3.05, 3.63) is 216 Å². The molecule has 3 aromatic heterocycles. The molecule has 7 aromatic carbocycles. The van der Waals surface area contributed by atoms with Crippen LogP contribution in [0.4, 0.5) is 11.5 Å². The van der Waals surface area contributed by atoms with Crippen molar-refractivity contribution in [2.45, 2.75) is 37.6 Å². The smallest absolute Gasteiger partial charge is 0.137 e. The molecule has 0 spiro atoms. The van der Waals surface area contributed by atoms with Crippen molar-refractivity contribution >= 4 is 60.4 Å². The number of aryl methyl sites for hydroxylation is 3. The van der Waals surface area contributed by atoms with Gasteiger partial charge >= 0.3 is 0 Å². The number of fused-ring (bicyclic) bond motifs is 10. The summed E-state index contributed by atoms with van der Waals surface area (Å²) in [4.78, 5) is 12.6. The summed E-state index contributed by atoms with van der Waals surface area (Å²) in [6.07, 6.45) is 15.2. The van der Waals surface area contributed by atoms with Crippen molar-refractivity contribution in [3.8, 4) is 28.1 Å². The monoisotopic (exact) mass is 792 g/mol. The summed E-state index contributed by atoms with van der Waals surface area (Å²) in [5.74, 6) is 2.19. The molecule has 0 N–H and O–H groups in total. The summed E-state index contributed by atoms with van der Waals surface area (Å²) in [6, 6.07) is 56.1. The summed E-state index contributed by atoms with van der Waals surface area (Å²) < 4.78 is 2.45. The first-order valence-electron chi connectivity index (χ1n) is 22.1. The fourth-order valence-electron chi connectivity index (χ4n) is 11.6. The van der Waals surface area contributed by atoms with E-state index in [0.29, 0.717) is 0 Å². The molecule has 2 unspecified atom stereocenters. The Labute approximate surface area is 359 Å². The summed E-state index contributed by atoms with van der Waals surface area (Å²) in [5, 5.41) is 7.69. The van der Waals surface area contributed by atoms with Gasteiger partial charge in [-0.05, 0) is 163 Å². The molecule has 4 heterocycles. The maximum absolute atomic E-state index is 5.02. The lowest BCUT2D eigenvalue weighted by atomic mass is 9.72. The molecule has 2 atom stereocenters. The maximum atomic E-state index is 5.02. The molecule has 14 rings (SSSR count). The Bertz CT molecular complexity index is 3590. The Hall–Kier alpha value is -7.56. The molecule has 4 nitrogen and oxygen atoms in total. The Morgan fingerprint density at radius 2 is 1.13 bits per heavy atom. The van der Waals surface area contributed by atoms with E-state index < -0.39 is 0 Å². The molecule has 10 aromatic rings. The van der Waals surface area contributed by atoms with Gasteiger partial charge in [0.1, 0.15) is 11.6 Å². The quantitative estimate of drug-likeness (QED) is 0.178. The van der Waals surface area contributed by atoms with E-state index in [1.165, 1.54) is 110 Å². The molecule has 4 aliphatic rings. The minimum absolute atomic E-state index is 0.149. The lowest BCUT2D eigenvalue weighted by Gasteiger charge is -2.34. The molecule has 0 saturated heterocycles. The van der Waals surface area contributed by atoms with Crippen molar-refractivity contribution in [3.63, 3.8) is 0 Å². The van der Waals surface area contributed by atoms with Crippen LogP contribution < -0.4 is 4.90 Å². The van der Waals surface area contributed by atoms with Gasteiger partial charge in [0.2, 0.25) is 0 Å². The minimum Gasteiger partial charge on any atom is -0.318 e. The number of allylic oxidation sites excluding steroid dienone is 2. The van der Waals surface area contributed by atoms with Crippen molar-refractivity contribution in [1.82, 2.24) is 14.5 Å². The van der Waals surface area contributed by atoms with Crippen LogP contribution in [-0.4, -0.2) is 20.6 Å². The van der Waals surface area contributed by atoms with E-state index in [2.05, 4.69) is 167 Å². The van der Waals surface area contributed by atoms with Gasteiger partial charge in [-0.15, -0.1) is 0 Å². The molecule has 0 fully saturated rings. The van der Waals surface area contributed by atoms with E-state index >= 15 is 0 Å². The number of nitrogens with zero attached hydrogens (tertiary/aromatic N) is 4. The lowest BCUT2D eigenvalue weighted by Crippen LogP contribution is -2.30. The SMILES string of the molecule is C1=CC2C(C=C1c1ccc3ccccc3c1)c1cc3c4c(c1N2c1ccccn1)CCc1cc2c5cc(-c6ccc7ccccc7c6)ccc5n(-c5ccccn5)c2c(c1-4)CC3. The molecule has 0 bridgehead atoms. The third-order valence-corrected chi connectivity index (χ3v) is 14.3. The van der Waals surface area contributed by atoms with Crippen molar-refractivity contribution in [1.29, 1.82) is 0 Å². The standard InChI is InChI=1S/C58H40N4/c1-3-11-37-29-39(17-15-35(37)9-1)41-21-25-51-47(31-41)49-33-43-19-24-46-56-44(20-23-45(55(43)56)57(49)61(51)53-13-5-7-27-59-53)34-50-48-32-42(40-18-16-36-10-2-4-12-38(36)30-40)22-26-52(48)62(58(46)50)54-14-6-8-28-60-54/h1-18,21-22,25-34,47,51H,19-20,23-24H2. The topological polar surface area (TPSA) is 34.0 Å². The number of hydrogen-bond donors (Lipinski definition) is 0. The maximum Gasteiger partial charge on any atom is 0.137 e. The van der Waals surface area contributed by atoms with Gasteiger partial charge in [-0.1, -0.05) is 115 Å². The second-order valence-electron chi connectivity index (χ2n) is 17.5. The average molecular weight is 793 g/mol. The fraction of sp³-hybridized carbons (Fsp3) is 0.103. The van der Waals surface area contributed by atoms with Gasteiger partial charge < -0.3 is 4.90 Å². The van der Waals surface area contributed by atoms with E-state index in [1.807, 2.05) is 24.5 Å². The first-order valence-corrected chi connectivity index (χ1v) is 22.1. The van der Waals surface area contributed by atoms with E-state index in [1.54, 1.807) is 0 Å². The van der Waals surface area contributed by atoms with Gasteiger partial charge in [-0.2, -0.15) is 0 Å². The highest BCUT2D eigenvalue weighted by Crippen LogP contribution is 2.57. The summed E-state index contributed by atoms with van der Waals surface area (Å²) in [6.45, 7) is 0. The molecule has 3 aliphatic carbocycles. The first-order chi connectivity index (χ1) is 30.7. The molecule has 0 radical (unpaired) electrons. The van der Waals surface area contributed by atoms with E-state index in [0.717, 1.165) is 37.3 Å². The second kappa shape index (κ2) is 13.0. The summed E-state index contributed by atoms with van der Waals surface area (Å²) >= 11 is 0. The van der Waals surface area contributed by atoms with Crippen molar-refractivity contribution in [2.75, 3.05) is 4.90 Å². The van der Waals surface area contributed by atoms with Gasteiger partial charge in [0, 0.05) is 29.1 Å². The Morgan fingerprint density at radius 3 is 1.89 bits per heavy atom. The second-order valence-corrected chi connectivity index (χ2v) is 17.5. The average Bonchev–Trinajstić information content (AvgIpc) is 3.85. The number of hydrogen-bond acceptors (Lipinski definition) is 3. The fourth-order valence-corrected chi connectivity index (χ4v) is 11.6. The third kappa shape index (κ3) is 4.89. The van der Waals surface area contributed by atoms with Gasteiger partial charge in [-0.25, -0.2) is 9.97 Å². The molecular formula is C58H40N4. The first kappa shape index (κ1) is 34.2. The third-order valence-electron chi connectivity index (χ3n) is 14.3. The van der Waals surface area contributed by atoms with Gasteiger partial charge in [-0.3, -0.25) is 4.57 Å². The Balaban J connectivity index is 0.984. The lowest BCUT2D eigenvalue weighted by molar-refractivity contribution is 0.739. The summed E-state index contributed by atoms with van der Waals surface area (Å²) in [5.41, 5.74) is 19.2. The van der Waals surface area contributed by atoms with E-state index in [-0.39, 0.29) is 12.0 Å².